The summed E-state index contributed by atoms with van der Waals surface area (Å²) in [6.07, 6.45) is 0. The Balaban J connectivity index is 0.892. The van der Waals surface area contributed by atoms with E-state index in [4.69, 9.17) is 0 Å². The molecule has 14 rings (SSSR count). The second kappa shape index (κ2) is 12.1. The number of rotatable bonds is 5. The van der Waals surface area contributed by atoms with Crippen LogP contribution in [0.4, 0.5) is 0 Å². The van der Waals surface area contributed by atoms with Crippen molar-refractivity contribution in [2.24, 2.45) is 0 Å². The predicted octanol–water partition coefficient (Wildman–Crippen LogP) is 8.95. The van der Waals surface area contributed by atoms with Crippen molar-refractivity contribution in [3.05, 3.63) is 206 Å². The molecular weight excluding hydrogens is 793 g/mol. The third-order valence-corrected chi connectivity index (χ3v) is 28.7. The Morgan fingerprint density at radius 3 is 0.867 bits per heavy atom. The molecule has 60 heavy (non-hydrogen) atoms. The summed E-state index contributed by atoms with van der Waals surface area (Å²) in [6.45, 7) is 0. The van der Waals surface area contributed by atoms with Gasteiger partial charge in [0.15, 0.2) is 0 Å². The average molecular weight is 829 g/mol. The second-order valence-corrected chi connectivity index (χ2v) is 27.8. The van der Waals surface area contributed by atoms with Gasteiger partial charge >= 0.3 is 362 Å². The first-order valence-electron chi connectivity index (χ1n) is 21.1. The molecule has 4 aliphatic heterocycles. The van der Waals surface area contributed by atoms with Gasteiger partial charge in [0.05, 0.1) is 0 Å². The zero-order chi connectivity index (χ0) is 39.2. The van der Waals surface area contributed by atoms with E-state index >= 15 is 0 Å². The van der Waals surface area contributed by atoms with Gasteiger partial charge in [-0.2, -0.15) is 0 Å². The summed E-state index contributed by atoms with van der Waals surface area (Å²) in [6, 6.07) is 79.5. The van der Waals surface area contributed by atoms with Crippen LogP contribution in [0.15, 0.2) is 206 Å². The summed E-state index contributed by atoms with van der Waals surface area (Å²) >= 11 is 3.86. The SMILES string of the molecule is c1ccc([SiH-]23c4ccccc4-c4cc(-c5ccc(-c6ccc(-c7cc8c9c(c7)-c7ccccc7[SiH-]9(c7ccccc7)c7ccccc7-8)s6)s5)cc(c42)-c2ccccc23)cc1. The molecule has 0 spiro atoms. The van der Waals surface area contributed by atoms with Gasteiger partial charge in [0.2, 0.25) is 0 Å². The van der Waals surface area contributed by atoms with E-state index < -0.39 is 16.1 Å². The summed E-state index contributed by atoms with van der Waals surface area (Å²) in [4.78, 5) is 5.30. The minimum absolute atomic E-state index is 1.32. The number of fused-ring (bicyclic) bond motifs is 12. The molecule has 0 unspecified atom stereocenters. The summed E-state index contributed by atoms with van der Waals surface area (Å²) < 4.78 is 0. The average Bonchev–Trinajstić information content (AvgIpc) is 4.18. The number of benzene rings is 8. The van der Waals surface area contributed by atoms with Crippen molar-refractivity contribution in [3.8, 4) is 75.1 Å². The molecule has 0 radical (unpaired) electrons. The third-order valence-electron chi connectivity index (χ3n) is 14.7. The van der Waals surface area contributed by atoms with Gasteiger partial charge in [-0.25, -0.2) is 0 Å². The molecule has 2 aromatic heterocycles. The Labute approximate surface area is 359 Å². The van der Waals surface area contributed by atoms with E-state index in [9.17, 15) is 0 Å². The first-order valence-corrected chi connectivity index (χ1v) is 27.4. The van der Waals surface area contributed by atoms with E-state index in [1.54, 1.807) is 31.1 Å². The fourth-order valence-corrected chi connectivity index (χ4v) is 27.6. The van der Waals surface area contributed by atoms with Gasteiger partial charge in [-0.3, -0.25) is 0 Å². The zero-order valence-corrected chi connectivity index (χ0v) is 36.5. The Bertz CT molecular complexity index is 3080. The molecule has 8 aromatic carbocycles. The maximum atomic E-state index is 2.52. The monoisotopic (exact) mass is 828 g/mol. The van der Waals surface area contributed by atoms with Crippen molar-refractivity contribution >= 4 is 80.3 Å². The van der Waals surface area contributed by atoms with Crippen molar-refractivity contribution in [1.29, 1.82) is 0 Å². The molecule has 0 amide bonds. The van der Waals surface area contributed by atoms with E-state index in [0.717, 1.165) is 0 Å². The minimum atomic E-state index is -2.84. The van der Waals surface area contributed by atoms with Crippen LogP contribution in [-0.4, -0.2) is 16.1 Å². The third kappa shape index (κ3) is 4.09. The molecule has 0 bridgehead atoms. The standard InChI is InChI=1S/C56H36S2Si2/c1-3-15-37(16-4-1)59-51-23-11-7-19-39(51)43-31-35(32-44(55(43)59)40-20-8-12-24-52(40)59)47-27-29-49(57-47)50-30-28-48(58-50)36-33-45-41-21-9-13-25-53(41)60(38-17-5-2-6-18-38)54-26-14-10-22-42(54)46(34-36)56(45)60/h1-34,59-60H/q-2. The molecule has 0 aliphatic carbocycles. The molecule has 0 saturated heterocycles. The molecule has 4 heteroatoms. The van der Waals surface area contributed by atoms with Gasteiger partial charge < -0.3 is 0 Å². The van der Waals surface area contributed by atoms with Crippen LogP contribution in [0.1, 0.15) is 0 Å². The molecule has 4 aliphatic rings. The van der Waals surface area contributed by atoms with Gasteiger partial charge in [-0.1, -0.05) is 0 Å². The summed E-state index contributed by atoms with van der Waals surface area (Å²) in [5.41, 5.74) is 14.1. The number of hydrogen-bond donors (Lipinski definition) is 0. The van der Waals surface area contributed by atoms with Gasteiger partial charge in [-0.05, 0) is 0 Å². The molecular formula is C56H36S2Si2-2. The normalized spacial score (nSPS) is 15.7. The van der Waals surface area contributed by atoms with E-state index in [1.807, 2.05) is 22.7 Å². The van der Waals surface area contributed by atoms with Gasteiger partial charge in [0.25, 0.3) is 0 Å². The Morgan fingerprint density at radius 2 is 0.533 bits per heavy atom. The molecule has 10 aromatic rings. The molecule has 0 atom stereocenters. The van der Waals surface area contributed by atoms with E-state index in [0.29, 0.717) is 0 Å². The molecule has 0 fully saturated rings. The van der Waals surface area contributed by atoms with Crippen LogP contribution in [0.25, 0.3) is 75.1 Å². The molecule has 282 valence electrons. The first-order chi connectivity index (χ1) is 29.7. The van der Waals surface area contributed by atoms with Gasteiger partial charge in [0, 0.05) is 0 Å². The second-order valence-electron chi connectivity index (χ2n) is 17.2. The van der Waals surface area contributed by atoms with Crippen LogP contribution in [0.2, 0.25) is 0 Å². The van der Waals surface area contributed by atoms with Crippen molar-refractivity contribution in [2.45, 2.75) is 0 Å². The first kappa shape index (κ1) is 33.4. The Kier molecular flexibility index (Phi) is 6.74. The van der Waals surface area contributed by atoms with Crippen LogP contribution in [0.3, 0.4) is 0 Å². The molecule has 0 saturated carbocycles. The van der Waals surface area contributed by atoms with Crippen LogP contribution in [0.5, 0.6) is 0 Å². The number of hydrogen-bond acceptors (Lipinski definition) is 2. The van der Waals surface area contributed by atoms with E-state index in [2.05, 4.69) is 206 Å². The number of thiophene rings is 2. The van der Waals surface area contributed by atoms with Crippen molar-refractivity contribution < 1.29 is 0 Å². The summed E-state index contributed by atoms with van der Waals surface area (Å²) in [7, 11) is -5.68. The fraction of sp³-hybridized carbons (Fsp3) is 0. The summed E-state index contributed by atoms with van der Waals surface area (Å²) in [5.74, 6) is 0. The van der Waals surface area contributed by atoms with Crippen molar-refractivity contribution in [1.82, 2.24) is 0 Å². The Hall–Kier alpha value is -6.41. The van der Waals surface area contributed by atoms with Crippen molar-refractivity contribution in [2.75, 3.05) is 0 Å². The Morgan fingerprint density at radius 1 is 0.250 bits per heavy atom. The van der Waals surface area contributed by atoms with Crippen LogP contribution in [-0.2, 0) is 0 Å². The summed E-state index contributed by atoms with van der Waals surface area (Å²) in [5, 5.41) is 12.4. The topological polar surface area (TPSA) is 0 Å². The van der Waals surface area contributed by atoms with Crippen LogP contribution >= 0.6 is 22.7 Å². The van der Waals surface area contributed by atoms with E-state index in [1.165, 1.54) is 85.5 Å². The van der Waals surface area contributed by atoms with Crippen LogP contribution < -0.4 is 41.5 Å². The zero-order valence-electron chi connectivity index (χ0n) is 32.6. The maximum absolute atomic E-state index is 2.84. The molecule has 0 N–H and O–H groups in total. The quantitative estimate of drug-likeness (QED) is 0.152. The van der Waals surface area contributed by atoms with Gasteiger partial charge in [-0.15, -0.1) is 0 Å². The van der Waals surface area contributed by atoms with Gasteiger partial charge in [0.1, 0.15) is 0 Å². The predicted molar refractivity (Wildman–Crippen MR) is 265 cm³/mol. The fourth-order valence-electron chi connectivity index (χ4n) is 12.6. The van der Waals surface area contributed by atoms with Crippen LogP contribution in [0, 0.1) is 0 Å². The molecule has 0 nitrogen and oxygen atoms in total. The van der Waals surface area contributed by atoms with Crippen molar-refractivity contribution in [3.63, 3.8) is 0 Å². The van der Waals surface area contributed by atoms with E-state index in [-0.39, 0.29) is 0 Å². The molecule has 6 heterocycles.